The Morgan fingerprint density at radius 2 is 2.56 bits per heavy atom. The van der Waals surface area contributed by atoms with Crippen molar-refractivity contribution in [2.75, 3.05) is 6.54 Å². The van der Waals surface area contributed by atoms with Crippen molar-refractivity contribution in [2.24, 2.45) is 11.3 Å². The third-order valence-corrected chi connectivity index (χ3v) is 2.26. The highest BCUT2D eigenvalue weighted by Gasteiger charge is 2.62. The minimum Gasteiger partial charge on any atom is -0.355 e. The van der Waals surface area contributed by atoms with E-state index in [0.717, 1.165) is 12.7 Å². The minimum absolute atomic E-state index is 0.0231. The average molecular weight is 125 g/mol. The molecule has 9 heavy (non-hydrogen) atoms. The van der Waals surface area contributed by atoms with E-state index in [0.29, 0.717) is 6.54 Å². The summed E-state index contributed by atoms with van der Waals surface area (Å²) in [5.41, 5.74) is -0.267. The first-order chi connectivity index (χ1) is 4.28. The van der Waals surface area contributed by atoms with Gasteiger partial charge in [-0.15, -0.1) is 0 Å². The first-order valence-electron chi connectivity index (χ1n) is 3.02. The van der Waals surface area contributed by atoms with Gasteiger partial charge in [0.2, 0.25) is 5.91 Å². The molecule has 1 heterocycles. The number of rotatable bonds is 1. The van der Waals surface area contributed by atoms with Gasteiger partial charge in [-0.2, -0.15) is 0 Å². The maximum Gasteiger partial charge on any atom is 0.224 e. The third kappa shape index (κ3) is 0.422. The molecule has 1 N–H and O–H groups in total. The molecular formula is C6H7NO2. The second-order valence-electron chi connectivity index (χ2n) is 2.83. The third-order valence-electron chi connectivity index (χ3n) is 2.26. The summed E-state index contributed by atoms with van der Waals surface area (Å²) < 4.78 is 0. The summed E-state index contributed by atoms with van der Waals surface area (Å²) in [5.74, 6) is 0.0806. The number of fused-ring (bicyclic) bond motifs is 1. The number of hydrogen-bond acceptors (Lipinski definition) is 2. The van der Waals surface area contributed by atoms with Crippen molar-refractivity contribution in [1.29, 1.82) is 0 Å². The van der Waals surface area contributed by atoms with E-state index in [2.05, 4.69) is 5.32 Å². The van der Waals surface area contributed by atoms with Crippen molar-refractivity contribution in [3.8, 4) is 0 Å². The Balaban J connectivity index is 2.26. The highest BCUT2D eigenvalue weighted by molar-refractivity contribution is 5.92. The molecule has 2 atom stereocenters. The maximum absolute atomic E-state index is 10.7. The molecule has 0 aromatic carbocycles. The van der Waals surface area contributed by atoms with Gasteiger partial charge in [-0.05, 0) is 6.42 Å². The van der Waals surface area contributed by atoms with Crippen molar-refractivity contribution in [2.45, 2.75) is 6.42 Å². The van der Waals surface area contributed by atoms with Crippen LogP contribution in [0.4, 0.5) is 0 Å². The highest BCUT2D eigenvalue weighted by atomic mass is 16.2. The molecule has 0 aromatic rings. The van der Waals surface area contributed by atoms with Gasteiger partial charge in [0.15, 0.2) is 0 Å². The van der Waals surface area contributed by atoms with E-state index in [1.807, 2.05) is 0 Å². The van der Waals surface area contributed by atoms with E-state index in [1.54, 1.807) is 0 Å². The fourth-order valence-corrected chi connectivity index (χ4v) is 1.42. The van der Waals surface area contributed by atoms with Gasteiger partial charge in [0.05, 0.1) is 11.3 Å². The number of carbonyl (C=O) groups is 2. The van der Waals surface area contributed by atoms with E-state index in [4.69, 9.17) is 0 Å². The summed E-state index contributed by atoms with van der Waals surface area (Å²) in [6, 6.07) is 0. The van der Waals surface area contributed by atoms with Gasteiger partial charge in [-0.3, -0.25) is 4.79 Å². The van der Waals surface area contributed by atoms with Gasteiger partial charge in [-0.25, -0.2) is 0 Å². The summed E-state index contributed by atoms with van der Waals surface area (Å²) in [7, 11) is 0. The van der Waals surface area contributed by atoms with Crippen LogP contribution in [0.2, 0.25) is 0 Å². The number of carbonyl (C=O) groups excluding carboxylic acids is 2. The van der Waals surface area contributed by atoms with Crippen LogP contribution < -0.4 is 5.32 Å². The van der Waals surface area contributed by atoms with E-state index < -0.39 is 0 Å². The smallest absolute Gasteiger partial charge is 0.224 e. The first-order valence-corrected chi connectivity index (χ1v) is 3.02. The Hall–Kier alpha value is -0.860. The first kappa shape index (κ1) is 4.97. The SMILES string of the molecule is O=C[C@]12CNC(=O)[C@H]1C2. The van der Waals surface area contributed by atoms with Gasteiger partial charge in [0, 0.05) is 6.54 Å². The second-order valence-corrected chi connectivity index (χ2v) is 2.83. The molecule has 1 aliphatic carbocycles. The lowest BCUT2D eigenvalue weighted by Crippen LogP contribution is -2.21. The standard InChI is InChI=1S/C6H7NO2/c8-3-6-1-4(6)5(9)7-2-6/h3-4H,1-2H2,(H,7,9)/t4-,6+/m1/s1. The largest absolute Gasteiger partial charge is 0.355 e. The van der Waals surface area contributed by atoms with Crippen LogP contribution in [-0.2, 0) is 9.59 Å². The summed E-state index contributed by atoms with van der Waals surface area (Å²) >= 11 is 0. The van der Waals surface area contributed by atoms with E-state index in [-0.39, 0.29) is 17.2 Å². The highest BCUT2D eigenvalue weighted by Crippen LogP contribution is 2.53. The Morgan fingerprint density at radius 3 is 2.78 bits per heavy atom. The van der Waals surface area contributed by atoms with Crippen LogP contribution in [0.5, 0.6) is 0 Å². The quantitative estimate of drug-likeness (QED) is 0.472. The molecule has 0 spiro atoms. The Morgan fingerprint density at radius 1 is 1.78 bits per heavy atom. The molecule has 0 radical (unpaired) electrons. The zero-order chi connectivity index (χ0) is 6.48. The molecule has 48 valence electrons. The van der Waals surface area contributed by atoms with Crippen LogP contribution in [0.15, 0.2) is 0 Å². The van der Waals surface area contributed by atoms with Crippen LogP contribution in [0.3, 0.4) is 0 Å². The Kier molecular flexibility index (Phi) is 0.648. The number of aldehydes is 1. The van der Waals surface area contributed by atoms with Gasteiger partial charge in [0.25, 0.3) is 0 Å². The molecule has 2 fully saturated rings. The van der Waals surface area contributed by atoms with E-state index in [1.165, 1.54) is 0 Å². The van der Waals surface area contributed by atoms with Crippen LogP contribution in [0.25, 0.3) is 0 Å². The lowest BCUT2D eigenvalue weighted by Gasteiger charge is -1.96. The molecule has 0 bridgehead atoms. The summed E-state index contributed by atoms with van der Waals surface area (Å²) in [4.78, 5) is 21.0. The fraction of sp³-hybridized carbons (Fsp3) is 0.667. The zero-order valence-corrected chi connectivity index (χ0v) is 4.89. The molecular weight excluding hydrogens is 118 g/mol. The predicted octanol–water partition coefficient (Wildman–Crippen LogP) is -0.679. The predicted molar refractivity (Wildman–Crippen MR) is 29.6 cm³/mol. The molecule has 0 aromatic heterocycles. The maximum atomic E-state index is 10.7. The van der Waals surface area contributed by atoms with Crippen LogP contribution in [0, 0.1) is 11.3 Å². The summed E-state index contributed by atoms with van der Waals surface area (Å²) in [5, 5.41) is 2.64. The van der Waals surface area contributed by atoms with E-state index in [9.17, 15) is 9.59 Å². The van der Waals surface area contributed by atoms with Crippen molar-refractivity contribution in [3.63, 3.8) is 0 Å². The van der Waals surface area contributed by atoms with Gasteiger partial charge in [-0.1, -0.05) is 0 Å². The van der Waals surface area contributed by atoms with Crippen molar-refractivity contribution in [3.05, 3.63) is 0 Å². The van der Waals surface area contributed by atoms with Gasteiger partial charge < -0.3 is 10.1 Å². The zero-order valence-electron chi connectivity index (χ0n) is 4.89. The van der Waals surface area contributed by atoms with Gasteiger partial charge in [0.1, 0.15) is 6.29 Å². The normalized spacial score (nSPS) is 45.8. The molecule has 0 unspecified atom stereocenters. The lowest BCUT2D eigenvalue weighted by atomic mass is 10.1. The molecule has 1 amide bonds. The van der Waals surface area contributed by atoms with E-state index >= 15 is 0 Å². The molecule has 2 rings (SSSR count). The molecule has 1 saturated carbocycles. The van der Waals surface area contributed by atoms with Crippen molar-refractivity contribution in [1.82, 2.24) is 5.32 Å². The minimum atomic E-state index is -0.267. The monoisotopic (exact) mass is 125 g/mol. The van der Waals surface area contributed by atoms with Gasteiger partial charge >= 0.3 is 0 Å². The Labute approximate surface area is 52.4 Å². The summed E-state index contributed by atoms with van der Waals surface area (Å²) in [6.07, 6.45) is 1.69. The molecule has 3 nitrogen and oxygen atoms in total. The van der Waals surface area contributed by atoms with Crippen molar-refractivity contribution < 1.29 is 9.59 Å². The number of hydrogen-bond donors (Lipinski definition) is 1. The lowest BCUT2D eigenvalue weighted by molar-refractivity contribution is -0.121. The molecule has 1 aliphatic heterocycles. The molecule has 2 aliphatic rings. The van der Waals surface area contributed by atoms with Crippen molar-refractivity contribution >= 4 is 12.2 Å². The average Bonchev–Trinajstić information content (AvgIpc) is 2.53. The molecule has 1 saturated heterocycles. The molecule has 3 heteroatoms. The number of piperidine rings is 1. The van der Waals surface area contributed by atoms with Crippen LogP contribution in [-0.4, -0.2) is 18.7 Å². The summed E-state index contributed by atoms with van der Waals surface area (Å²) in [6.45, 7) is 0.569. The number of nitrogens with one attached hydrogen (secondary N) is 1. The second kappa shape index (κ2) is 1.17. The van der Waals surface area contributed by atoms with Crippen LogP contribution in [0.1, 0.15) is 6.42 Å². The number of amides is 1. The Bertz CT molecular complexity index is 189. The van der Waals surface area contributed by atoms with Crippen LogP contribution >= 0.6 is 0 Å². The topological polar surface area (TPSA) is 46.2 Å². The fourth-order valence-electron chi connectivity index (χ4n) is 1.42.